The van der Waals surface area contributed by atoms with Crippen LogP contribution in [0.1, 0.15) is 58.3 Å². The molecule has 1 fully saturated rings. The summed E-state index contributed by atoms with van der Waals surface area (Å²) in [4.78, 5) is 11.4. The first-order valence-electron chi connectivity index (χ1n) is 6.62. The zero-order valence-electron chi connectivity index (χ0n) is 10.4. The summed E-state index contributed by atoms with van der Waals surface area (Å²) in [5, 5.41) is 11.6. The number of aliphatic hydroxyl groups excluding tert-OH is 1. The molecule has 0 bridgehead atoms. The van der Waals surface area contributed by atoms with Crippen LogP contribution in [0.15, 0.2) is 0 Å². The summed E-state index contributed by atoms with van der Waals surface area (Å²) in [5.74, 6) is 0.939. The highest BCUT2D eigenvalue weighted by molar-refractivity contribution is 5.76. The van der Waals surface area contributed by atoms with Crippen LogP contribution in [0.3, 0.4) is 0 Å². The highest BCUT2D eigenvalue weighted by atomic mass is 16.3. The van der Waals surface area contributed by atoms with E-state index >= 15 is 0 Å². The third-order valence-electron chi connectivity index (χ3n) is 3.42. The Labute approximate surface area is 98.6 Å². The summed E-state index contributed by atoms with van der Waals surface area (Å²) in [6, 6.07) is -0.109. The van der Waals surface area contributed by atoms with Crippen molar-refractivity contribution in [1.29, 1.82) is 0 Å². The van der Waals surface area contributed by atoms with Crippen LogP contribution in [0.2, 0.25) is 0 Å². The molecule has 94 valence electrons. The van der Waals surface area contributed by atoms with Gasteiger partial charge in [-0.1, -0.05) is 32.1 Å². The number of amides is 1. The van der Waals surface area contributed by atoms with Gasteiger partial charge in [0, 0.05) is 12.5 Å². The lowest BCUT2D eigenvalue weighted by Crippen LogP contribution is -2.34. The van der Waals surface area contributed by atoms with Crippen LogP contribution in [-0.2, 0) is 4.79 Å². The zero-order chi connectivity index (χ0) is 11.8. The second-order valence-electron chi connectivity index (χ2n) is 5.05. The lowest BCUT2D eigenvalue weighted by Gasteiger charge is -2.21. The predicted molar refractivity (Wildman–Crippen MR) is 65.1 cm³/mol. The molecule has 1 atom stereocenters. The van der Waals surface area contributed by atoms with Gasteiger partial charge in [0.15, 0.2) is 0 Å². The molecule has 0 spiro atoms. The quantitative estimate of drug-likeness (QED) is 0.731. The average Bonchev–Trinajstić information content (AvgIpc) is 2.30. The Morgan fingerprint density at radius 2 is 2.06 bits per heavy atom. The molecule has 3 nitrogen and oxygen atoms in total. The first-order valence-corrected chi connectivity index (χ1v) is 6.62. The van der Waals surface area contributed by atoms with E-state index in [0.717, 1.165) is 12.3 Å². The van der Waals surface area contributed by atoms with E-state index in [2.05, 4.69) is 5.32 Å². The first kappa shape index (κ1) is 13.5. The molecule has 0 heterocycles. The van der Waals surface area contributed by atoms with E-state index in [1.807, 2.05) is 6.92 Å². The van der Waals surface area contributed by atoms with Crippen LogP contribution in [-0.4, -0.2) is 23.7 Å². The molecule has 16 heavy (non-hydrogen) atoms. The fraction of sp³-hybridized carbons (Fsp3) is 0.923. The van der Waals surface area contributed by atoms with Gasteiger partial charge in [-0.2, -0.15) is 0 Å². The SMILES string of the molecule is C[C@H](CO)NC(=O)CCCC1CCCCC1. The molecule has 0 aromatic carbocycles. The standard InChI is InChI=1S/C13H25NO2/c1-11(10-15)14-13(16)9-5-8-12-6-3-2-4-7-12/h11-12,15H,2-10H2,1H3,(H,14,16)/t11-/m1/s1. The third-order valence-corrected chi connectivity index (χ3v) is 3.42. The molecule has 2 N–H and O–H groups in total. The number of rotatable bonds is 6. The Hall–Kier alpha value is -0.570. The fourth-order valence-corrected chi connectivity index (χ4v) is 2.42. The molecule has 0 aliphatic heterocycles. The van der Waals surface area contributed by atoms with Crippen molar-refractivity contribution in [1.82, 2.24) is 5.32 Å². The van der Waals surface area contributed by atoms with Gasteiger partial charge < -0.3 is 10.4 Å². The lowest BCUT2D eigenvalue weighted by molar-refractivity contribution is -0.122. The molecule has 0 aromatic rings. The van der Waals surface area contributed by atoms with Crippen LogP contribution in [0.4, 0.5) is 0 Å². The number of carbonyl (C=O) groups excluding carboxylic acids is 1. The molecule has 0 radical (unpaired) electrons. The maximum atomic E-state index is 11.4. The van der Waals surface area contributed by atoms with Crippen molar-refractivity contribution in [3.05, 3.63) is 0 Å². The summed E-state index contributed by atoms with van der Waals surface area (Å²) in [6.45, 7) is 1.84. The summed E-state index contributed by atoms with van der Waals surface area (Å²) < 4.78 is 0. The highest BCUT2D eigenvalue weighted by Crippen LogP contribution is 2.27. The smallest absolute Gasteiger partial charge is 0.220 e. The number of hydrogen-bond acceptors (Lipinski definition) is 2. The lowest BCUT2D eigenvalue weighted by atomic mass is 9.86. The largest absolute Gasteiger partial charge is 0.394 e. The Kier molecular flexibility index (Phi) is 6.46. The van der Waals surface area contributed by atoms with Crippen molar-refractivity contribution in [2.45, 2.75) is 64.3 Å². The van der Waals surface area contributed by atoms with Crippen molar-refractivity contribution >= 4 is 5.91 Å². The zero-order valence-corrected chi connectivity index (χ0v) is 10.4. The average molecular weight is 227 g/mol. The van der Waals surface area contributed by atoms with Gasteiger partial charge >= 0.3 is 0 Å². The highest BCUT2D eigenvalue weighted by Gasteiger charge is 2.13. The summed E-state index contributed by atoms with van der Waals surface area (Å²) in [7, 11) is 0. The van der Waals surface area contributed by atoms with Crippen molar-refractivity contribution < 1.29 is 9.90 Å². The van der Waals surface area contributed by atoms with Crippen molar-refractivity contribution in [2.75, 3.05) is 6.61 Å². The van der Waals surface area contributed by atoms with Crippen LogP contribution < -0.4 is 5.32 Å². The number of hydrogen-bond donors (Lipinski definition) is 2. The molecule has 1 aliphatic rings. The van der Waals surface area contributed by atoms with Crippen LogP contribution in [0.25, 0.3) is 0 Å². The molecule has 0 aromatic heterocycles. The van der Waals surface area contributed by atoms with E-state index in [1.165, 1.54) is 38.5 Å². The monoisotopic (exact) mass is 227 g/mol. The second-order valence-corrected chi connectivity index (χ2v) is 5.05. The molecule has 1 saturated carbocycles. The van der Waals surface area contributed by atoms with E-state index in [0.29, 0.717) is 6.42 Å². The van der Waals surface area contributed by atoms with Gasteiger partial charge in [0.1, 0.15) is 0 Å². The number of aliphatic hydroxyl groups is 1. The molecule has 1 amide bonds. The molecule has 3 heteroatoms. The molecule has 0 saturated heterocycles. The van der Waals surface area contributed by atoms with Crippen LogP contribution >= 0.6 is 0 Å². The topological polar surface area (TPSA) is 49.3 Å². The number of carbonyl (C=O) groups is 1. The fourth-order valence-electron chi connectivity index (χ4n) is 2.42. The van der Waals surface area contributed by atoms with Gasteiger partial charge in [-0.15, -0.1) is 0 Å². The van der Waals surface area contributed by atoms with Gasteiger partial charge in [0.25, 0.3) is 0 Å². The molecular weight excluding hydrogens is 202 g/mol. The van der Waals surface area contributed by atoms with Gasteiger partial charge in [-0.25, -0.2) is 0 Å². The van der Waals surface area contributed by atoms with E-state index < -0.39 is 0 Å². The van der Waals surface area contributed by atoms with Crippen molar-refractivity contribution in [3.63, 3.8) is 0 Å². The minimum atomic E-state index is -0.109. The van der Waals surface area contributed by atoms with Gasteiger partial charge in [0.05, 0.1) is 6.61 Å². The molecular formula is C13H25NO2. The van der Waals surface area contributed by atoms with E-state index in [9.17, 15) is 4.79 Å². The Bertz CT molecular complexity index is 200. The Balaban J connectivity index is 2.03. The van der Waals surface area contributed by atoms with Crippen LogP contribution in [0.5, 0.6) is 0 Å². The first-order chi connectivity index (χ1) is 7.72. The number of nitrogens with one attached hydrogen (secondary N) is 1. The maximum absolute atomic E-state index is 11.4. The minimum absolute atomic E-state index is 0.0222. The van der Waals surface area contributed by atoms with E-state index in [-0.39, 0.29) is 18.6 Å². The minimum Gasteiger partial charge on any atom is -0.394 e. The van der Waals surface area contributed by atoms with Gasteiger partial charge in [-0.05, 0) is 25.7 Å². The van der Waals surface area contributed by atoms with Crippen LogP contribution in [0, 0.1) is 5.92 Å². The Morgan fingerprint density at radius 1 is 1.38 bits per heavy atom. The predicted octanol–water partition coefficient (Wildman–Crippen LogP) is 2.23. The van der Waals surface area contributed by atoms with Gasteiger partial charge in [0.2, 0.25) is 5.91 Å². The van der Waals surface area contributed by atoms with Crippen molar-refractivity contribution in [2.24, 2.45) is 5.92 Å². The molecule has 1 aliphatic carbocycles. The maximum Gasteiger partial charge on any atom is 0.220 e. The van der Waals surface area contributed by atoms with Gasteiger partial charge in [-0.3, -0.25) is 4.79 Å². The van der Waals surface area contributed by atoms with Crippen molar-refractivity contribution in [3.8, 4) is 0 Å². The van der Waals surface area contributed by atoms with E-state index in [4.69, 9.17) is 5.11 Å². The summed E-state index contributed by atoms with van der Waals surface area (Å²) >= 11 is 0. The summed E-state index contributed by atoms with van der Waals surface area (Å²) in [5.41, 5.74) is 0. The van der Waals surface area contributed by atoms with E-state index in [1.54, 1.807) is 0 Å². The molecule has 1 rings (SSSR count). The normalized spacial score (nSPS) is 19.4. The third kappa shape index (κ3) is 5.50. The Morgan fingerprint density at radius 3 is 2.69 bits per heavy atom. The summed E-state index contributed by atoms with van der Waals surface area (Å²) in [6.07, 6.45) is 9.65. The molecule has 0 unspecified atom stereocenters. The second kappa shape index (κ2) is 7.66.